The van der Waals surface area contributed by atoms with E-state index >= 15 is 0 Å². The summed E-state index contributed by atoms with van der Waals surface area (Å²) in [6.07, 6.45) is 0. The molecule has 0 saturated carbocycles. The van der Waals surface area contributed by atoms with Gasteiger partial charge in [0.2, 0.25) is 10.0 Å². The molecule has 0 amide bonds. The first-order valence-electron chi connectivity index (χ1n) is 9.56. The average molecular weight is 453 g/mol. The largest absolute Gasteiger partial charge is 0.384 e. The maximum Gasteiger partial charge on any atom is 0.332 e. The summed E-state index contributed by atoms with van der Waals surface area (Å²) < 4.78 is 42.0. The van der Waals surface area contributed by atoms with E-state index in [0.29, 0.717) is 0 Å². The van der Waals surface area contributed by atoms with Crippen LogP contribution in [0.5, 0.6) is 0 Å². The molecule has 0 aliphatic carbocycles. The first kappa shape index (κ1) is 22.8. The number of nitrogens with two attached hydrogens (primary N) is 1. The average Bonchev–Trinajstić information content (AvgIpc) is 2.76. The van der Waals surface area contributed by atoms with Crippen molar-refractivity contribution >= 4 is 21.6 Å². The predicted molar refractivity (Wildman–Crippen MR) is 112 cm³/mol. The summed E-state index contributed by atoms with van der Waals surface area (Å²) in [6.45, 7) is 2.25. The Kier molecular flexibility index (Phi) is 6.16. The molecule has 0 spiro atoms. The molecule has 3 rings (SSSR count). The van der Waals surface area contributed by atoms with Gasteiger partial charge in [0.05, 0.1) is 10.9 Å². The fourth-order valence-corrected chi connectivity index (χ4v) is 5.03. The van der Waals surface area contributed by atoms with E-state index in [0.717, 1.165) is 15.2 Å². The van der Waals surface area contributed by atoms with Gasteiger partial charge in [-0.05, 0) is 25.1 Å². The lowest BCUT2D eigenvalue weighted by atomic mass is 10.1. The third-order valence-electron chi connectivity index (χ3n) is 5.59. The van der Waals surface area contributed by atoms with Crippen LogP contribution in [-0.2, 0) is 24.1 Å². The lowest BCUT2D eigenvalue weighted by Gasteiger charge is -2.36. The third-order valence-corrected chi connectivity index (χ3v) is 7.49. The van der Waals surface area contributed by atoms with Gasteiger partial charge in [0, 0.05) is 40.3 Å². The highest BCUT2D eigenvalue weighted by molar-refractivity contribution is 7.89. The maximum atomic E-state index is 13.4. The Morgan fingerprint density at radius 3 is 2.29 bits per heavy atom. The van der Waals surface area contributed by atoms with Crippen molar-refractivity contribution in [3.05, 3.63) is 56.5 Å². The van der Waals surface area contributed by atoms with Gasteiger partial charge in [-0.2, -0.15) is 4.31 Å². The minimum absolute atomic E-state index is 0.0945. The topological polar surface area (TPSA) is 128 Å². The fourth-order valence-electron chi connectivity index (χ4n) is 3.57. The number of piperazine rings is 1. The van der Waals surface area contributed by atoms with E-state index in [1.807, 2.05) is 0 Å². The molecular weight excluding hydrogens is 429 g/mol. The molecule has 1 unspecified atom stereocenters. The number of carbonyl (C=O) groups is 1. The molecule has 2 aromatic rings. The molecule has 2 heterocycles. The van der Waals surface area contributed by atoms with E-state index in [2.05, 4.69) is 0 Å². The van der Waals surface area contributed by atoms with Crippen molar-refractivity contribution in [3.63, 3.8) is 0 Å². The first-order valence-corrected chi connectivity index (χ1v) is 11.0. The zero-order valence-corrected chi connectivity index (χ0v) is 18.2. The van der Waals surface area contributed by atoms with Gasteiger partial charge in [0.25, 0.3) is 5.56 Å². The van der Waals surface area contributed by atoms with Crippen LogP contribution >= 0.6 is 0 Å². The van der Waals surface area contributed by atoms with Crippen molar-refractivity contribution in [2.75, 3.05) is 31.9 Å². The summed E-state index contributed by atoms with van der Waals surface area (Å²) in [4.78, 5) is 39.1. The normalized spacial score (nSPS) is 16.9. The van der Waals surface area contributed by atoms with Gasteiger partial charge in [-0.3, -0.25) is 23.6 Å². The molecule has 10 nitrogen and oxygen atoms in total. The Morgan fingerprint density at radius 2 is 1.71 bits per heavy atom. The number of ketones is 1. The molecule has 168 valence electrons. The zero-order chi connectivity index (χ0) is 23.1. The fraction of sp³-hybridized carbons (Fsp3) is 0.421. The van der Waals surface area contributed by atoms with E-state index < -0.39 is 38.9 Å². The number of anilines is 1. The molecule has 0 radical (unpaired) electrons. The van der Waals surface area contributed by atoms with E-state index in [1.54, 1.807) is 11.8 Å². The Balaban J connectivity index is 1.78. The Hall–Kier alpha value is -2.83. The number of benzene rings is 1. The van der Waals surface area contributed by atoms with E-state index in [9.17, 15) is 27.2 Å². The van der Waals surface area contributed by atoms with E-state index in [1.165, 1.54) is 36.6 Å². The van der Waals surface area contributed by atoms with Crippen molar-refractivity contribution in [1.29, 1.82) is 0 Å². The monoisotopic (exact) mass is 453 g/mol. The zero-order valence-electron chi connectivity index (χ0n) is 17.4. The Labute approximate surface area is 178 Å². The maximum absolute atomic E-state index is 13.4. The minimum atomic E-state index is -3.87. The minimum Gasteiger partial charge on any atom is -0.384 e. The van der Waals surface area contributed by atoms with Crippen molar-refractivity contribution in [1.82, 2.24) is 18.3 Å². The lowest BCUT2D eigenvalue weighted by molar-refractivity contribution is 0.0780. The van der Waals surface area contributed by atoms with Crippen molar-refractivity contribution < 1.29 is 17.6 Å². The third kappa shape index (κ3) is 4.05. The number of hydrogen-bond acceptors (Lipinski definition) is 7. The second-order valence-corrected chi connectivity index (χ2v) is 9.34. The second kappa shape index (κ2) is 8.36. The van der Waals surface area contributed by atoms with Crippen LogP contribution in [0.25, 0.3) is 0 Å². The van der Waals surface area contributed by atoms with Crippen molar-refractivity contribution in [2.24, 2.45) is 14.1 Å². The van der Waals surface area contributed by atoms with Gasteiger partial charge in [0.15, 0.2) is 5.78 Å². The first-order chi connectivity index (χ1) is 14.5. The van der Waals surface area contributed by atoms with Crippen LogP contribution in [0.1, 0.15) is 17.3 Å². The molecule has 1 saturated heterocycles. The number of nitrogen functional groups attached to an aromatic ring is 1. The summed E-state index contributed by atoms with van der Waals surface area (Å²) in [5.74, 6) is -1.40. The van der Waals surface area contributed by atoms with Gasteiger partial charge in [0.1, 0.15) is 17.2 Å². The molecule has 1 aromatic heterocycles. The summed E-state index contributed by atoms with van der Waals surface area (Å²) in [6, 6.07) is 4.03. The number of halogens is 1. The highest BCUT2D eigenvalue weighted by atomic mass is 32.2. The molecular formula is C19H24FN5O5S. The van der Waals surface area contributed by atoms with Crippen LogP contribution in [-0.4, -0.2) is 64.8 Å². The summed E-state index contributed by atoms with van der Waals surface area (Å²) in [7, 11) is -1.23. The molecule has 0 bridgehead atoms. The van der Waals surface area contributed by atoms with Gasteiger partial charge >= 0.3 is 5.69 Å². The van der Waals surface area contributed by atoms with Gasteiger partial charge in [-0.15, -0.1) is 0 Å². The Bertz CT molecular complexity index is 1250. The summed E-state index contributed by atoms with van der Waals surface area (Å²) in [5, 5.41) is 0. The van der Waals surface area contributed by atoms with Crippen LogP contribution in [0.4, 0.5) is 10.2 Å². The van der Waals surface area contributed by atoms with E-state index in [4.69, 9.17) is 5.73 Å². The number of sulfonamides is 1. The quantitative estimate of drug-likeness (QED) is 0.598. The van der Waals surface area contributed by atoms with Gasteiger partial charge in [-0.1, -0.05) is 6.07 Å². The highest BCUT2D eigenvalue weighted by Gasteiger charge is 2.34. The molecule has 1 aliphatic heterocycles. The van der Waals surface area contributed by atoms with Crippen molar-refractivity contribution in [3.8, 4) is 0 Å². The molecule has 31 heavy (non-hydrogen) atoms. The predicted octanol–water partition coefficient (Wildman–Crippen LogP) is -0.617. The van der Waals surface area contributed by atoms with Crippen LogP contribution in [0.3, 0.4) is 0 Å². The number of rotatable bonds is 5. The second-order valence-electron chi connectivity index (χ2n) is 7.40. The van der Waals surface area contributed by atoms with E-state index in [-0.39, 0.29) is 42.5 Å². The van der Waals surface area contributed by atoms with Crippen LogP contribution < -0.4 is 17.0 Å². The van der Waals surface area contributed by atoms with Crippen LogP contribution in [0.2, 0.25) is 0 Å². The molecule has 12 heteroatoms. The highest BCUT2D eigenvalue weighted by Crippen LogP contribution is 2.20. The standard InChI is InChI=1S/C19H24FN5O5S/c1-12(16(26)15-17(21)22(2)19(28)23(3)18(15)27)24-7-9-25(10-8-24)31(29,30)14-6-4-5-13(20)11-14/h4-6,11-12H,7-10,21H2,1-3H3. The van der Waals surface area contributed by atoms with Crippen LogP contribution in [0, 0.1) is 5.82 Å². The summed E-state index contributed by atoms with van der Waals surface area (Å²) in [5.41, 5.74) is 4.19. The number of aromatic nitrogens is 2. The lowest BCUT2D eigenvalue weighted by Crippen LogP contribution is -2.54. The SMILES string of the molecule is CC(C(=O)c1c(N)n(C)c(=O)n(C)c1=O)N1CCN(S(=O)(=O)c2cccc(F)c2)CC1. The smallest absolute Gasteiger partial charge is 0.332 e. The molecule has 1 aliphatic rings. The summed E-state index contributed by atoms with van der Waals surface area (Å²) >= 11 is 0. The molecule has 1 atom stereocenters. The van der Waals surface area contributed by atoms with Gasteiger partial charge < -0.3 is 5.73 Å². The molecule has 1 fully saturated rings. The molecule has 1 aromatic carbocycles. The number of nitrogens with zero attached hydrogens (tertiary/aromatic N) is 4. The van der Waals surface area contributed by atoms with Crippen LogP contribution in [0.15, 0.2) is 38.8 Å². The number of Topliss-reactive ketones (excluding diaryl/α,β-unsaturated/α-hetero) is 1. The Morgan fingerprint density at radius 1 is 1.10 bits per heavy atom. The van der Waals surface area contributed by atoms with Crippen molar-refractivity contribution in [2.45, 2.75) is 17.9 Å². The van der Waals surface area contributed by atoms with Gasteiger partial charge in [-0.25, -0.2) is 17.6 Å². The molecule has 2 N–H and O–H groups in total. The number of hydrogen-bond donors (Lipinski definition) is 1. The number of carbonyl (C=O) groups excluding carboxylic acids is 1.